The first-order chi connectivity index (χ1) is 6.61. The summed E-state index contributed by atoms with van der Waals surface area (Å²) in [5.41, 5.74) is 0.244. The molecule has 1 atom stereocenters. The monoisotopic (exact) mass is 195 g/mol. The number of halogens is 1. The summed E-state index contributed by atoms with van der Waals surface area (Å²) in [6.07, 6.45) is -1.96. The molecule has 0 radical (unpaired) electrons. The number of nitrogens with one attached hydrogen (secondary N) is 1. The van der Waals surface area contributed by atoms with Crippen molar-refractivity contribution in [3.63, 3.8) is 0 Å². The molecule has 1 rings (SSSR count). The van der Waals surface area contributed by atoms with Crippen molar-refractivity contribution in [2.45, 2.75) is 13.2 Å². The fraction of sp³-hybridized carbons (Fsp3) is 0.200. The molecule has 74 valence electrons. The molecular weight excluding hydrogens is 185 g/mol. The average Bonchev–Trinajstić information content (AvgIpc) is 2.17. The van der Waals surface area contributed by atoms with Gasteiger partial charge in [0, 0.05) is 12.5 Å². The van der Waals surface area contributed by atoms with Gasteiger partial charge in [-0.05, 0) is 0 Å². The van der Waals surface area contributed by atoms with Crippen LogP contribution in [0, 0.1) is 0 Å². The molecule has 1 aromatic rings. The van der Waals surface area contributed by atoms with Crippen LogP contribution in [0.15, 0.2) is 30.3 Å². The summed E-state index contributed by atoms with van der Waals surface area (Å²) in [4.78, 5) is 21.8. The molecule has 3 nitrogen and oxygen atoms in total. The number of ketones is 1. The summed E-state index contributed by atoms with van der Waals surface area (Å²) in [6.45, 7) is 1.16. The highest BCUT2D eigenvalue weighted by atomic mass is 19.1. The van der Waals surface area contributed by atoms with E-state index in [1.807, 2.05) is 5.32 Å². The van der Waals surface area contributed by atoms with Gasteiger partial charge in [0.1, 0.15) is 0 Å². The number of rotatable bonds is 3. The van der Waals surface area contributed by atoms with E-state index in [0.29, 0.717) is 0 Å². The van der Waals surface area contributed by atoms with Crippen LogP contribution in [0.25, 0.3) is 0 Å². The molecule has 0 aliphatic heterocycles. The first-order valence-electron chi connectivity index (χ1n) is 4.11. The van der Waals surface area contributed by atoms with E-state index in [4.69, 9.17) is 0 Å². The Kier molecular flexibility index (Phi) is 3.34. The molecule has 0 bridgehead atoms. The van der Waals surface area contributed by atoms with Crippen molar-refractivity contribution < 1.29 is 14.0 Å². The molecule has 0 heterocycles. The third-order valence-electron chi connectivity index (χ3n) is 1.62. The van der Waals surface area contributed by atoms with Gasteiger partial charge < -0.3 is 5.32 Å². The second kappa shape index (κ2) is 4.50. The van der Waals surface area contributed by atoms with E-state index in [2.05, 4.69) is 0 Å². The number of amides is 1. The number of carbonyl (C=O) groups is 2. The van der Waals surface area contributed by atoms with Crippen molar-refractivity contribution in [1.82, 2.24) is 5.32 Å². The van der Waals surface area contributed by atoms with Crippen LogP contribution < -0.4 is 5.32 Å². The zero-order valence-electron chi connectivity index (χ0n) is 7.66. The quantitative estimate of drug-likeness (QED) is 0.583. The maximum atomic E-state index is 13.1. The maximum Gasteiger partial charge on any atom is 0.235 e. The van der Waals surface area contributed by atoms with E-state index >= 15 is 0 Å². The second-order valence-electron chi connectivity index (χ2n) is 2.79. The van der Waals surface area contributed by atoms with Crippen molar-refractivity contribution in [2.75, 3.05) is 0 Å². The van der Waals surface area contributed by atoms with Crippen LogP contribution in [0.5, 0.6) is 0 Å². The summed E-state index contributed by atoms with van der Waals surface area (Å²) < 4.78 is 13.1. The van der Waals surface area contributed by atoms with E-state index in [1.165, 1.54) is 12.1 Å². The number of Topliss-reactive ketones (excluding diaryl/α,β-unsaturated/α-hetero) is 1. The molecule has 0 aliphatic carbocycles. The predicted octanol–water partition coefficient (Wildman–Crippen LogP) is 1.30. The Bertz CT molecular complexity index is 337. The number of hydrogen-bond donors (Lipinski definition) is 1. The molecule has 1 amide bonds. The molecule has 1 unspecified atom stereocenters. The Morgan fingerprint density at radius 3 is 2.36 bits per heavy atom. The van der Waals surface area contributed by atoms with Gasteiger partial charge in [-0.25, -0.2) is 4.39 Å². The van der Waals surface area contributed by atoms with E-state index in [0.717, 1.165) is 6.92 Å². The zero-order valence-corrected chi connectivity index (χ0v) is 7.66. The Labute approximate surface area is 80.9 Å². The van der Waals surface area contributed by atoms with Crippen LogP contribution >= 0.6 is 0 Å². The Balaban J connectivity index is 2.71. The van der Waals surface area contributed by atoms with E-state index in [1.54, 1.807) is 18.2 Å². The SMILES string of the molecule is CC(=O)NC(F)C(=O)c1ccccc1. The lowest BCUT2D eigenvalue weighted by atomic mass is 10.1. The van der Waals surface area contributed by atoms with Gasteiger partial charge in [-0.15, -0.1) is 0 Å². The van der Waals surface area contributed by atoms with Gasteiger partial charge in [-0.3, -0.25) is 9.59 Å². The number of carbonyl (C=O) groups excluding carboxylic acids is 2. The minimum atomic E-state index is -1.96. The molecule has 0 fully saturated rings. The lowest BCUT2D eigenvalue weighted by Crippen LogP contribution is -2.35. The van der Waals surface area contributed by atoms with Gasteiger partial charge in [0.15, 0.2) is 0 Å². The summed E-state index contributed by atoms with van der Waals surface area (Å²) in [5.74, 6) is -1.30. The van der Waals surface area contributed by atoms with E-state index in [-0.39, 0.29) is 5.56 Å². The van der Waals surface area contributed by atoms with E-state index < -0.39 is 18.0 Å². The van der Waals surface area contributed by atoms with Gasteiger partial charge in [-0.2, -0.15) is 0 Å². The molecule has 1 N–H and O–H groups in total. The molecule has 1 aromatic carbocycles. The Morgan fingerprint density at radius 2 is 1.86 bits per heavy atom. The highest BCUT2D eigenvalue weighted by Crippen LogP contribution is 2.04. The van der Waals surface area contributed by atoms with Crippen LogP contribution in [-0.2, 0) is 4.79 Å². The molecule has 0 saturated carbocycles. The van der Waals surface area contributed by atoms with E-state index in [9.17, 15) is 14.0 Å². The summed E-state index contributed by atoms with van der Waals surface area (Å²) in [7, 11) is 0. The molecule has 0 aliphatic rings. The van der Waals surface area contributed by atoms with Crippen molar-refractivity contribution in [3.05, 3.63) is 35.9 Å². The van der Waals surface area contributed by atoms with Gasteiger partial charge >= 0.3 is 0 Å². The van der Waals surface area contributed by atoms with Crippen LogP contribution in [0.2, 0.25) is 0 Å². The van der Waals surface area contributed by atoms with Gasteiger partial charge in [0.25, 0.3) is 0 Å². The standard InChI is InChI=1S/C10H10FNO2/c1-7(13)12-10(11)9(14)8-5-3-2-4-6-8/h2-6,10H,1H3,(H,12,13). The highest BCUT2D eigenvalue weighted by molar-refractivity contribution is 6.00. The van der Waals surface area contributed by atoms with Crippen molar-refractivity contribution in [2.24, 2.45) is 0 Å². The van der Waals surface area contributed by atoms with Gasteiger partial charge in [0.05, 0.1) is 0 Å². The number of hydrogen-bond acceptors (Lipinski definition) is 2. The van der Waals surface area contributed by atoms with Crippen molar-refractivity contribution in [1.29, 1.82) is 0 Å². The fourth-order valence-corrected chi connectivity index (χ4v) is 0.993. The van der Waals surface area contributed by atoms with Crippen molar-refractivity contribution >= 4 is 11.7 Å². The van der Waals surface area contributed by atoms with Crippen molar-refractivity contribution in [3.8, 4) is 0 Å². The first-order valence-corrected chi connectivity index (χ1v) is 4.11. The van der Waals surface area contributed by atoms with Gasteiger partial charge in [-0.1, -0.05) is 30.3 Å². The largest absolute Gasteiger partial charge is 0.320 e. The molecule has 4 heteroatoms. The minimum Gasteiger partial charge on any atom is -0.320 e. The summed E-state index contributed by atoms with van der Waals surface area (Å²) >= 11 is 0. The molecule has 14 heavy (non-hydrogen) atoms. The van der Waals surface area contributed by atoms with Gasteiger partial charge in [0.2, 0.25) is 18.0 Å². The summed E-state index contributed by atoms with van der Waals surface area (Å²) in [6, 6.07) is 7.98. The van der Waals surface area contributed by atoms with Crippen LogP contribution in [-0.4, -0.2) is 18.0 Å². The average molecular weight is 195 g/mol. The maximum absolute atomic E-state index is 13.1. The lowest BCUT2D eigenvalue weighted by molar-refractivity contribution is -0.120. The first kappa shape index (κ1) is 10.4. The Morgan fingerprint density at radius 1 is 1.29 bits per heavy atom. The third kappa shape index (κ3) is 2.65. The lowest BCUT2D eigenvalue weighted by Gasteiger charge is -2.07. The molecule has 0 saturated heterocycles. The zero-order chi connectivity index (χ0) is 10.6. The smallest absolute Gasteiger partial charge is 0.235 e. The third-order valence-corrected chi connectivity index (χ3v) is 1.62. The topological polar surface area (TPSA) is 46.2 Å². The minimum absolute atomic E-state index is 0.244. The van der Waals surface area contributed by atoms with Crippen LogP contribution in [0.3, 0.4) is 0 Å². The highest BCUT2D eigenvalue weighted by Gasteiger charge is 2.18. The number of benzene rings is 1. The predicted molar refractivity (Wildman–Crippen MR) is 49.5 cm³/mol. The normalized spacial score (nSPS) is 11.9. The van der Waals surface area contributed by atoms with Crippen LogP contribution in [0.4, 0.5) is 4.39 Å². The van der Waals surface area contributed by atoms with Crippen LogP contribution in [0.1, 0.15) is 17.3 Å². The molecular formula is C10H10FNO2. The summed E-state index contributed by atoms with van der Waals surface area (Å²) in [5, 5.41) is 1.89. The Hall–Kier alpha value is -1.71. The fourth-order valence-electron chi connectivity index (χ4n) is 0.993. The second-order valence-corrected chi connectivity index (χ2v) is 2.79. The number of alkyl halides is 1. The molecule has 0 spiro atoms. The molecule has 0 aromatic heterocycles.